The molecule has 0 radical (unpaired) electrons. The molecule has 0 amide bonds. The molecule has 15 heavy (non-hydrogen) atoms. The molecule has 0 bridgehead atoms. The van der Waals surface area contributed by atoms with Gasteiger partial charge in [0.25, 0.3) is 0 Å². The van der Waals surface area contributed by atoms with Gasteiger partial charge in [-0.2, -0.15) is 0 Å². The zero-order valence-electron chi connectivity index (χ0n) is 9.34. The number of nitrogens with one attached hydrogen (secondary N) is 2. The first-order valence-corrected chi connectivity index (χ1v) is 6.16. The van der Waals surface area contributed by atoms with Gasteiger partial charge in [0, 0.05) is 12.6 Å². The minimum absolute atomic E-state index is 0.617. The van der Waals surface area contributed by atoms with E-state index in [9.17, 15) is 0 Å². The predicted octanol–water partition coefficient (Wildman–Crippen LogP) is 1.14. The Balaban J connectivity index is 1.73. The molecule has 2 fully saturated rings. The van der Waals surface area contributed by atoms with Gasteiger partial charge in [-0.1, -0.05) is 19.3 Å². The van der Waals surface area contributed by atoms with Crippen molar-refractivity contribution in [3.05, 3.63) is 0 Å². The molecule has 4 heteroatoms. The molecule has 0 saturated heterocycles. The monoisotopic (exact) mass is 210 g/mol. The molecule has 4 nitrogen and oxygen atoms in total. The highest BCUT2D eigenvalue weighted by atomic mass is 15.3. The smallest absolute Gasteiger partial charge is 0.205 e. The van der Waals surface area contributed by atoms with Crippen molar-refractivity contribution >= 4 is 5.96 Å². The summed E-state index contributed by atoms with van der Waals surface area (Å²) in [6, 6.07) is 0.617. The van der Waals surface area contributed by atoms with E-state index in [2.05, 4.69) is 15.7 Å². The summed E-state index contributed by atoms with van der Waals surface area (Å²) in [5, 5.41) is 3.29. The molecule has 0 aliphatic heterocycles. The highest BCUT2D eigenvalue weighted by Gasteiger charge is 2.22. The molecule has 0 spiro atoms. The van der Waals surface area contributed by atoms with E-state index in [1.54, 1.807) is 0 Å². The second-order valence-electron chi connectivity index (χ2n) is 4.76. The standard InChI is InChI=1S/C11H22N4/c12-15-11(14-10-6-7-10)13-8-9-4-2-1-3-5-9/h9-10H,1-8,12H2,(H2,13,14,15). The Bertz CT molecular complexity index is 217. The first-order chi connectivity index (χ1) is 7.38. The SMILES string of the molecule is NNC(=NCC1CCCCC1)NC1CC1. The van der Waals surface area contributed by atoms with Crippen molar-refractivity contribution in [2.45, 2.75) is 51.0 Å². The van der Waals surface area contributed by atoms with E-state index in [1.165, 1.54) is 44.9 Å². The van der Waals surface area contributed by atoms with E-state index in [0.29, 0.717) is 6.04 Å². The Morgan fingerprint density at radius 2 is 1.87 bits per heavy atom. The topological polar surface area (TPSA) is 62.4 Å². The van der Waals surface area contributed by atoms with E-state index in [1.807, 2.05) is 0 Å². The summed E-state index contributed by atoms with van der Waals surface area (Å²) >= 11 is 0. The number of nitrogens with two attached hydrogens (primary N) is 1. The number of hydrogen-bond donors (Lipinski definition) is 3. The van der Waals surface area contributed by atoms with E-state index in [0.717, 1.165) is 18.4 Å². The van der Waals surface area contributed by atoms with Crippen molar-refractivity contribution in [3.63, 3.8) is 0 Å². The van der Waals surface area contributed by atoms with Crippen molar-refractivity contribution < 1.29 is 0 Å². The van der Waals surface area contributed by atoms with Gasteiger partial charge in [0.05, 0.1) is 0 Å². The minimum Gasteiger partial charge on any atom is -0.353 e. The molecule has 0 aromatic rings. The first kappa shape index (κ1) is 10.7. The largest absolute Gasteiger partial charge is 0.353 e. The summed E-state index contributed by atoms with van der Waals surface area (Å²) in [7, 11) is 0. The first-order valence-electron chi connectivity index (χ1n) is 6.16. The second kappa shape index (κ2) is 5.35. The average Bonchev–Trinajstić information content (AvgIpc) is 3.09. The van der Waals surface area contributed by atoms with Gasteiger partial charge in [-0.15, -0.1) is 0 Å². The Morgan fingerprint density at radius 3 is 2.47 bits per heavy atom. The summed E-state index contributed by atoms with van der Waals surface area (Å²) in [5.41, 5.74) is 2.65. The Morgan fingerprint density at radius 1 is 1.13 bits per heavy atom. The van der Waals surface area contributed by atoms with E-state index >= 15 is 0 Å². The lowest BCUT2D eigenvalue weighted by molar-refractivity contribution is 0.366. The van der Waals surface area contributed by atoms with Crippen LogP contribution in [0.25, 0.3) is 0 Å². The quantitative estimate of drug-likeness (QED) is 0.283. The molecule has 4 N–H and O–H groups in total. The van der Waals surface area contributed by atoms with Gasteiger partial charge in [0.1, 0.15) is 0 Å². The molecule has 0 aromatic heterocycles. The summed E-state index contributed by atoms with van der Waals surface area (Å²) < 4.78 is 0. The third-order valence-electron chi connectivity index (χ3n) is 3.29. The molecular weight excluding hydrogens is 188 g/mol. The molecule has 2 rings (SSSR count). The van der Waals surface area contributed by atoms with Gasteiger partial charge in [0.15, 0.2) is 0 Å². The molecule has 0 atom stereocenters. The van der Waals surface area contributed by atoms with E-state index in [-0.39, 0.29) is 0 Å². The number of guanidine groups is 1. The van der Waals surface area contributed by atoms with Crippen LogP contribution in [0.5, 0.6) is 0 Å². The van der Waals surface area contributed by atoms with Gasteiger partial charge in [-0.3, -0.25) is 10.4 Å². The third kappa shape index (κ3) is 3.70. The van der Waals surface area contributed by atoms with Crippen molar-refractivity contribution in [2.24, 2.45) is 16.8 Å². The van der Waals surface area contributed by atoms with E-state index in [4.69, 9.17) is 5.84 Å². The van der Waals surface area contributed by atoms with Crippen LogP contribution in [-0.2, 0) is 0 Å². The van der Waals surface area contributed by atoms with Gasteiger partial charge in [0.2, 0.25) is 5.96 Å². The maximum Gasteiger partial charge on any atom is 0.205 e. The molecule has 2 saturated carbocycles. The number of rotatable bonds is 3. The number of nitrogens with zero attached hydrogens (tertiary/aromatic N) is 1. The molecule has 2 aliphatic carbocycles. The van der Waals surface area contributed by atoms with Crippen molar-refractivity contribution in [1.29, 1.82) is 0 Å². The lowest BCUT2D eigenvalue weighted by Crippen LogP contribution is -2.43. The van der Waals surface area contributed by atoms with E-state index < -0.39 is 0 Å². The maximum atomic E-state index is 5.42. The third-order valence-corrected chi connectivity index (χ3v) is 3.29. The minimum atomic E-state index is 0.617. The Labute approximate surface area is 91.7 Å². The number of aliphatic imine (C=N–C) groups is 1. The van der Waals surface area contributed by atoms with Gasteiger partial charge >= 0.3 is 0 Å². The van der Waals surface area contributed by atoms with Crippen molar-refractivity contribution in [3.8, 4) is 0 Å². The van der Waals surface area contributed by atoms with Crippen LogP contribution in [0.15, 0.2) is 4.99 Å². The Kier molecular flexibility index (Phi) is 3.83. The lowest BCUT2D eigenvalue weighted by Gasteiger charge is -2.20. The van der Waals surface area contributed by atoms with Gasteiger partial charge in [-0.05, 0) is 31.6 Å². The van der Waals surface area contributed by atoms with Crippen LogP contribution in [0.4, 0.5) is 0 Å². The summed E-state index contributed by atoms with van der Waals surface area (Å²) in [4.78, 5) is 4.52. The Hall–Kier alpha value is -0.770. The number of hydrazine groups is 1. The fourth-order valence-electron chi connectivity index (χ4n) is 2.14. The number of hydrogen-bond acceptors (Lipinski definition) is 2. The maximum absolute atomic E-state index is 5.42. The van der Waals surface area contributed by atoms with Gasteiger partial charge in [-0.25, -0.2) is 5.84 Å². The molecule has 0 aromatic carbocycles. The summed E-state index contributed by atoms with van der Waals surface area (Å²) in [6.45, 7) is 0.930. The van der Waals surface area contributed by atoms with Crippen LogP contribution in [0, 0.1) is 5.92 Å². The highest BCUT2D eigenvalue weighted by Crippen LogP contribution is 2.23. The van der Waals surface area contributed by atoms with Crippen molar-refractivity contribution in [2.75, 3.05) is 6.54 Å². The van der Waals surface area contributed by atoms with Crippen LogP contribution >= 0.6 is 0 Å². The zero-order valence-corrected chi connectivity index (χ0v) is 9.34. The molecular formula is C11H22N4. The second-order valence-corrected chi connectivity index (χ2v) is 4.76. The summed E-state index contributed by atoms with van der Waals surface area (Å²) in [5.74, 6) is 6.98. The van der Waals surface area contributed by atoms with Crippen LogP contribution in [0.3, 0.4) is 0 Å². The fraction of sp³-hybridized carbons (Fsp3) is 0.909. The van der Waals surface area contributed by atoms with Crippen LogP contribution in [0.2, 0.25) is 0 Å². The van der Waals surface area contributed by atoms with Gasteiger partial charge < -0.3 is 5.32 Å². The zero-order chi connectivity index (χ0) is 10.5. The molecule has 0 heterocycles. The van der Waals surface area contributed by atoms with Crippen LogP contribution < -0.4 is 16.6 Å². The fourth-order valence-corrected chi connectivity index (χ4v) is 2.14. The van der Waals surface area contributed by atoms with Crippen LogP contribution in [-0.4, -0.2) is 18.5 Å². The predicted molar refractivity (Wildman–Crippen MR) is 62.4 cm³/mol. The summed E-state index contributed by atoms with van der Waals surface area (Å²) in [6.07, 6.45) is 9.34. The average molecular weight is 210 g/mol. The molecule has 2 aliphatic rings. The molecule has 86 valence electrons. The molecule has 0 unspecified atom stereocenters. The lowest BCUT2D eigenvalue weighted by atomic mass is 9.89. The highest BCUT2D eigenvalue weighted by molar-refractivity contribution is 5.79. The normalized spacial score (nSPS) is 23.9. The van der Waals surface area contributed by atoms with Crippen LogP contribution in [0.1, 0.15) is 44.9 Å². The van der Waals surface area contributed by atoms with Crippen molar-refractivity contribution in [1.82, 2.24) is 10.7 Å².